The van der Waals surface area contributed by atoms with Gasteiger partial charge in [0.05, 0.1) is 0 Å². The van der Waals surface area contributed by atoms with Crippen molar-refractivity contribution in [2.45, 2.75) is 6.61 Å². The molecular formula is C15H11BrN2O2. The molecule has 2 heterocycles. The van der Waals surface area contributed by atoms with Gasteiger partial charge in [0.2, 0.25) is 0 Å². The van der Waals surface area contributed by atoms with Crippen molar-refractivity contribution in [2.24, 2.45) is 0 Å². The van der Waals surface area contributed by atoms with Crippen molar-refractivity contribution in [1.82, 2.24) is 9.38 Å². The van der Waals surface area contributed by atoms with Gasteiger partial charge in [-0.15, -0.1) is 0 Å². The summed E-state index contributed by atoms with van der Waals surface area (Å²) in [5.41, 5.74) is 1.96. The van der Waals surface area contributed by atoms with Crippen molar-refractivity contribution < 1.29 is 9.53 Å². The predicted molar refractivity (Wildman–Crippen MR) is 78.5 cm³/mol. The van der Waals surface area contributed by atoms with E-state index in [0.29, 0.717) is 5.69 Å². The molecule has 0 amide bonds. The highest BCUT2D eigenvalue weighted by molar-refractivity contribution is 9.10. The summed E-state index contributed by atoms with van der Waals surface area (Å²) in [4.78, 5) is 16.2. The van der Waals surface area contributed by atoms with E-state index in [9.17, 15) is 4.79 Å². The second-order valence-electron chi connectivity index (χ2n) is 4.30. The number of ether oxygens (including phenoxy) is 1. The molecule has 20 heavy (non-hydrogen) atoms. The number of aromatic nitrogens is 2. The van der Waals surface area contributed by atoms with E-state index in [1.165, 1.54) is 0 Å². The lowest BCUT2D eigenvalue weighted by Crippen LogP contribution is -2.05. The molecule has 100 valence electrons. The molecule has 0 fully saturated rings. The van der Waals surface area contributed by atoms with E-state index in [1.807, 2.05) is 48.7 Å². The van der Waals surface area contributed by atoms with Crippen molar-refractivity contribution in [2.75, 3.05) is 0 Å². The molecule has 0 radical (unpaired) electrons. The highest BCUT2D eigenvalue weighted by atomic mass is 79.9. The second-order valence-corrected chi connectivity index (χ2v) is 5.21. The Bertz CT molecular complexity index is 734. The summed E-state index contributed by atoms with van der Waals surface area (Å²) in [6, 6.07) is 13.2. The van der Waals surface area contributed by atoms with Crippen molar-refractivity contribution in [1.29, 1.82) is 0 Å². The van der Waals surface area contributed by atoms with E-state index in [1.54, 1.807) is 10.6 Å². The van der Waals surface area contributed by atoms with Crippen LogP contribution in [0, 0.1) is 0 Å². The fourth-order valence-corrected chi connectivity index (χ4v) is 2.33. The Balaban J connectivity index is 1.73. The minimum Gasteiger partial charge on any atom is -0.456 e. The average Bonchev–Trinajstić information content (AvgIpc) is 2.89. The molecule has 2 aromatic heterocycles. The fraction of sp³-hybridized carbons (Fsp3) is 0.0667. The lowest BCUT2D eigenvalue weighted by molar-refractivity contribution is 0.0466. The number of pyridine rings is 1. The number of carbonyl (C=O) groups is 1. The number of hydrogen-bond acceptors (Lipinski definition) is 3. The predicted octanol–water partition coefficient (Wildman–Crippen LogP) is 3.45. The van der Waals surface area contributed by atoms with Crippen LogP contribution in [0.25, 0.3) is 5.65 Å². The number of benzene rings is 1. The van der Waals surface area contributed by atoms with Gasteiger partial charge in [-0.25, -0.2) is 9.78 Å². The molecule has 3 rings (SSSR count). The lowest BCUT2D eigenvalue weighted by Gasteiger charge is -2.03. The zero-order valence-corrected chi connectivity index (χ0v) is 12.1. The number of carbonyl (C=O) groups excluding carboxylic acids is 1. The Hall–Kier alpha value is -2.14. The van der Waals surface area contributed by atoms with Gasteiger partial charge in [0, 0.05) is 16.9 Å². The van der Waals surface area contributed by atoms with E-state index in [4.69, 9.17) is 4.74 Å². The molecule has 0 aliphatic rings. The Morgan fingerprint density at radius 1 is 1.25 bits per heavy atom. The van der Waals surface area contributed by atoms with E-state index < -0.39 is 5.97 Å². The maximum atomic E-state index is 12.0. The van der Waals surface area contributed by atoms with Crippen LogP contribution in [0.3, 0.4) is 0 Å². The van der Waals surface area contributed by atoms with Crippen LogP contribution < -0.4 is 0 Å². The first-order valence-electron chi connectivity index (χ1n) is 6.08. The summed E-state index contributed by atoms with van der Waals surface area (Å²) in [5.74, 6) is -0.423. The smallest absolute Gasteiger partial charge is 0.358 e. The Labute approximate surface area is 124 Å². The SMILES string of the molecule is O=C(OCc1cccc(Br)c1)c1cn2ccccc2n1. The van der Waals surface area contributed by atoms with E-state index in [2.05, 4.69) is 20.9 Å². The number of nitrogens with zero attached hydrogens (tertiary/aromatic N) is 2. The van der Waals surface area contributed by atoms with Crippen LogP contribution in [0.2, 0.25) is 0 Å². The summed E-state index contributed by atoms with van der Waals surface area (Å²) in [5, 5.41) is 0. The van der Waals surface area contributed by atoms with Crippen LogP contribution in [-0.4, -0.2) is 15.4 Å². The monoisotopic (exact) mass is 330 g/mol. The third kappa shape index (κ3) is 2.72. The van der Waals surface area contributed by atoms with Crippen LogP contribution in [0.5, 0.6) is 0 Å². The summed E-state index contributed by atoms with van der Waals surface area (Å²) in [7, 11) is 0. The van der Waals surface area contributed by atoms with E-state index in [-0.39, 0.29) is 6.61 Å². The molecule has 0 aliphatic heterocycles. The zero-order chi connectivity index (χ0) is 13.9. The Morgan fingerprint density at radius 3 is 2.95 bits per heavy atom. The number of esters is 1. The topological polar surface area (TPSA) is 43.6 Å². The van der Waals surface area contributed by atoms with Crippen molar-refractivity contribution in [3.05, 3.63) is 70.6 Å². The fourth-order valence-electron chi connectivity index (χ4n) is 1.88. The van der Waals surface area contributed by atoms with Gasteiger partial charge in [0.15, 0.2) is 5.69 Å². The maximum absolute atomic E-state index is 12.0. The molecule has 0 saturated carbocycles. The van der Waals surface area contributed by atoms with Crippen LogP contribution in [-0.2, 0) is 11.3 Å². The third-order valence-electron chi connectivity index (χ3n) is 2.83. The first kappa shape index (κ1) is 12.9. The first-order chi connectivity index (χ1) is 9.72. The molecule has 4 nitrogen and oxygen atoms in total. The average molecular weight is 331 g/mol. The van der Waals surface area contributed by atoms with E-state index >= 15 is 0 Å². The molecule has 5 heteroatoms. The van der Waals surface area contributed by atoms with Crippen molar-refractivity contribution in [3.8, 4) is 0 Å². The second kappa shape index (κ2) is 5.46. The number of rotatable bonds is 3. The maximum Gasteiger partial charge on any atom is 0.358 e. The molecule has 0 aliphatic carbocycles. The lowest BCUT2D eigenvalue weighted by atomic mass is 10.2. The van der Waals surface area contributed by atoms with Gasteiger partial charge in [-0.2, -0.15) is 0 Å². The van der Waals surface area contributed by atoms with Gasteiger partial charge < -0.3 is 9.14 Å². The van der Waals surface area contributed by atoms with Gasteiger partial charge in [-0.1, -0.05) is 34.1 Å². The first-order valence-corrected chi connectivity index (χ1v) is 6.87. The molecular weight excluding hydrogens is 320 g/mol. The molecule has 3 aromatic rings. The number of fused-ring (bicyclic) bond motifs is 1. The van der Waals surface area contributed by atoms with Gasteiger partial charge in [-0.3, -0.25) is 0 Å². The molecule has 1 aromatic carbocycles. The van der Waals surface area contributed by atoms with Crippen LogP contribution in [0.4, 0.5) is 0 Å². The van der Waals surface area contributed by atoms with Crippen molar-refractivity contribution in [3.63, 3.8) is 0 Å². The Kier molecular flexibility index (Phi) is 3.52. The number of hydrogen-bond donors (Lipinski definition) is 0. The molecule has 0 N–H and O–H groups in total. The van der Waals surface area contributed by atoms with Gasteiger partial charge in [-0.05, 0) is 29.8 Å². The summed E-state index contributed by atoms with van der Waals surface area (Å²) in [6.45, 7) is 0.228. The molecule has 0 unspecified atom stereocenters. The van der Waals surface area contributed by atoms with Gasteiger partial charge in [0.25, 0.3) is 0 Å². The normalized spacial score (nSPS) is 10.7. The molecule has 0 spiro atoms. The minimum absolute atomic E-state index is 0.228. The van der Waals surface area contributed by atoms with Crippen molar-refractivity contribution >= 4 is 27.5 Å². The molecule has 0 atom stereocenters. The van der Waals surface area contributed by atoms with Crippen LogP contribution in [0.1, 0.15) is 16.1 Å². The largest absolute Gasteiger partial charge is 0.456 e. The van der Waals surface area contributed by atoms with Crippen LogP contribution >= 0.6 is 15.9 Å². The summed E-state index contributed by atoms with van der Waals surface area (Å²) >= 11 is 3.38. The summed E-state index contributed by atoms with van der Waals surface area (Å²) < 4.78 is 8.01. The summed E-state index contributed by atoms with van der Waals surface area (Å²) in [6.07, 6.45) is 3.51. The molecule has 0 bridgehead atoms. The minimum atomic E-state index is -0.423. The number of halogens is 1. The Morgan fingerprint density at radius 2 is 2.15 bits per heavy atom. The van der Waals surface area contributed by atoms with Crippen LogP contribution in [0.15, 0.2) is 59.3 Å². The van der Waals surface area contributed by atoms with Gasteiger partial charge >= 0.3 is 5.97 Å². The zero-order valence-electron chi connectivity index (χ0n) is 10.5. The highest BCUT2D eigenvalue weighted by Crippen LogP contribution is 2.13. The molecule has 0 saturated heterocycles. The quantitative estimate of drug-likeness (QED) is 0.691. The van der Waals surface area contributed by atoms with E-state index in [0.717, 1.165) is 15.7 Å². The third-order valence-corrected chi connectivity index (χ3v) is 3.33. The standard InChI is InChI=1S/C15H11BrN2O2/c16-12-5-3-4-11(8-12)10-20-15(19)13-9-18-7-2-1-6-14(18)17-13/h1-9H,10H2. The number of imidazole rings is 1. The van der Waals surface area contributed by atoms with Gasteiger partial charge in [0.1, 0.15) is 12.3 Å². The highest BCUT2D eigenvalue weighted by Gasteiger charge is 2.12.